The SMILES string of the molecule is Nc1cccc(C(O)c2cc(F)ccc2Cl)c1. The van der Waals surface area contributed by atoms with Crippen LogP contribution in [0.25, 0.3) is 0 Å². The van der Waals surface area contributed by atoms with Crippen LogP contribution in [0.5, 0.6) is 0 Å². The molecule has 0 amide bonds. The van der Waals surface area contributed by atoms with Crippen molar-refractivity contribution in [3.05, 3.63) is 64.4 Å². The molecule has 2 aromatic carbocycles. The van der Waals surface area contributed by atoms with E-state index in [0.717, 1.165) is 0 Å². The van der Waals surface area contributed by atoms with Crippen LogP contribution in [0, 0.1) is 5.82 Å². The third-order valence-electron chi connectivity index (χ3n) is 2.48. The topological polar surface area (TPSA) is 46.2 Å². The Morgan fingerprint density at radius 1 is 1.18 bits per heavy atom. The fraction of sp³-hybridized carbons (Fsp3) is 0.0769. The lowest BCUT2D eigenvalue weighted by molar-refractivity contribution is 0.220. The second-order valence-electron chi connectivity index (χ2n) is 3.74. The van der Waals surface area contributed by atoms with Gasteiger partial charge < -0.3 is 10.8 Å². The van der Waals surface area contributed by atoms with Gasteiger partial charge in [0.15, 0.2) is 0 Å². The van der Waals surface area contributed by atoms with Crippen LogP contribution >= 0.6 is 11.6 Å². The Kier molecular flexibility index (Phi) is 3.31. The molecule has 2 nitrogen and oxygen atoms in total. The highest BCUT2D eigenvalue weighted by Crippen LogP contribution is 2.29. The minimum absolute atomic E-state index is 0.321. The van der Waals surface area contributed by atoms with Crippen molar-refractivity contribution in [2.75, 3.05) is 5.73 Å². The first-order valence-corrected chi connectivity index (χ1v) is 5.44. The van der Waals surface area contributed by atoms with Crippen LogP contribution in [0.15, 0.2) is 42.5 Å². The van der Waals surface area contributed by atoms with Crippen LogP contribution in [0.2, 0.25) is 5.02 Å². The summed E-state index contributed by atoms with van der Waals surface area (Å²) < 4.78 is 13.1. The zero-order valence-corrected chi connectivity index (χ0v) is 9.66. The van der Waals surface area contributed by atoms with Crippen molar-refractivity contribution in [2.45, 2.75) is 6.10 Å². The summed E-state index contributed by atoms with van der Waals surface area (Å²) in [7, 11) is 0. The van der Waals surface area contributed by atoms with Crippen molar-refractivity contribution >= 4 is 17.3 Å². The molecule has 3 N–H and O–H groups in total. The predicted octanol–water partition coefficient (Wildman–Crippen LogP) is 3.14. The second kappa shape index (κ2) is 4.73. The summed E-state index contributed by atoms with van der Waals surface area (Å²) in [6, 6.07) is 10.7. The molecule has 1 atom stereocenters. The number of nitrogens with two attached hydrogens (primary N) is 1. The van der Waals surface area contributed by atoms with Gasteiger partial charge in [-0.15, -0.1) is 0 Å². The highest BCUT2D eigenvalue weighted by Gasteiger charge is 2.14. The lowest BCUT2D eigenvalue weighted by Crippen LogP contribution is -2.02. The fourth-order valence-electron chi connectivity index (χ4n) is 1.63. The molecule has 88 valence electrons. The smallest absolute Gasteiger partial charge is 0.123 e. The van der Waals surface area contributed by atoms with Gasteiger partial charge in [-0.25, -0.2) is 4.39 Å². The number of aliphatic hydroxyl groups excluding tert-OH is 1. The van der Waals surface area contributed by atoms with Crippen LogP contribution in [0.4, 0.5) is 10.1 Å². The third-order valence-corrected chi connectivity index (χ3v) is 2.82. The molecule has 2 rings (SSSR count). The number of nitrogen functional groups attached to an aromatic ring is 1. The molecule has 0 fully saturated rings. The summed E-state index contributed by atoms with van der Waals surface area (Å²) in [6.07, 6.45) is -0.985. The number of anilines is 1. The number of hydrogen-bond acceptors (Lipinski definition) is 2. The Bertz CT molecular complexity index is 545. The molecule has 0 aliphatic carbocycles. The van der Waals surface area contributed by atoms with Gasteiger partial charge in [-0.2, -0.15) is 0 Å². The van der Waals surface area contributed by atoms with Crippen LogP contribution in [-0.4, -0.2) is 5.11 Å². The van der Waals surface area contributed by atoms with Crippen LogP contribution in [0.3, 0.4) is 0 Å². The predicted molar refractivity (Wildman–Crippen MR) is 66.3 cm³/mol. The fourth-order valence-corrected chi connectivity index (χ4v) is 1.85. The van der Waals surface area contributed by atoms with Crippen molar-refractivity contribution in [1.29, 1.82) is 0 Å². The van der Waals surface area contributed by atoms with E-state index < -0.39 is 11.9 Å². The number of aliphatic hydroxyl groups is 1. The van der Waals surface area contributed by atoms with Crippen molar-refractivity contribution in [1.82, 2.24) is 0 Å². The van der Waals surface area contributed by atoms with Gasteiger partial charge in [0.1, 0.15) is 11.9 Å². The van der Waals surface area contributed by atoms with Gasteiger partial charge in [0, 0.05) is 16.3 Å². The van der Waals surface area contributed by atoms with E-state index in [-0.39, 0.29) is 0 Å². The van der Waals surface area contributed by atoms with Gasteiger partial charge in [-0.3, -0.25) is 0 Å². The third kappa shape index (κ3) is 2.57. The number of halogens is 2. The van der Waals surface area contributed by atoms with Crippen molar-refractivity contribution in [3.63, 3.8) is 0 Å². The molecule has 0 aromatic heterocycles. The van der Waals surface area contributed by atoms with E-state index in [4.69, 9.17) is 17.3 Å². The summed E-state index contributed by atoms with van der Waals surface area (Å²) in [6.45, 7) is 0. The first-order chi connectivity index (χ1) is 8.08. The Morgan fingerprint density at radius 2 is 1.94 bits per heavy atom. The molecule has 0 saturated heterocycles. The minimum atomic E-state index is -0.985. The first kappa shape index (κ1) is 11.9. The summed E-state index contributed by atoms with van der Waals surface area (Å²) in [5, 5.41) is 10.4. The van der Waals surface area contributed by atoms with Crippen LogP contribution in [-0.2, 0) is 0 Å². The maximum atomic E-state index is 13.1. The van der Waals surface area contributed by atoms with E-state index in [0.29, 0.717) is 21.8 Å². The minimum Gasteiger partial charge on any atom is -0.399 e. The Morgan fingerprint density at radius 3 is 2.65 bits per heavy atom. The largest absolute Gasteiger partial charge is 0.399 e. The first-order valence-electron chi connectivity index (χ1n) is 5.06. The van der Waals surface area contributed by atoms with Gasteiger partial charge in [-0.05, 0) is 35.9 Å². The van der Waals surface area contributed by atoms with Gasteiger partial charge >= 0.3 is 0 Å². The summed E-state index contributed by atoms with van der Waals surface area (Å²) >= 11 is 5.92. The molecule has 0 aliphatic heterocycles. The standard InChI is InChI=1S/C13H11ClFNO/c14-12-5-4-9(15)7-11(12)13(17)8-2-1-3-10(16)6-8/h1-7,13,17H,16H2. The molecule has 0 aliphatic rings. The molecular weight excluding hydrogens is 241 g/mol. The number of benzene rings is 2. The molecule has 17 heavy (non-hydrogen) atoms. The highest BCUT2D eigenvalue weighted by molar-refractivity contribution is 6.31. The van der Waals surface area contributed by atoms with E-state index >= 15 is 0 Å². The highest BCUT2D eigenvalue weighted by atomic mass is 35.5. The quantitative estimate of drug-likeness (QED) is 0.806. The van der Waals surface area contributed by atoms with E-state index in [9.17, 15) is 9.50 Å². The summed E-state index contributed by atoms with van der Waals surface area (Å²) in [5.41, 5.74) is 7.07. The van der Waals surface area contributed by atoms with E-state index in [1.807, 2.05) is 0 Å². The number of rotatable bonds is 2. The zero-order valence-electron chi connectivity index (χ0n) is 8.90. The second-order valence-corrected chi connectivity index (χ2v) is 4.15. The Hall–Kier alpha value is -1.58. The van der Waals surface area contributed by atoms with E-state index in [1.165, 1.54) is 18.2 Å². The Labute approximate surface area is 103 Å². The number of hydrogen-bond donors (Lipinski definition) is 2. The molecule has 0 bridgehead atoms. The van der Waals surface area contributed by atoms with Crippen LogP contribution < -0.4 is 5.73 Å². The molecular formula is C13H11ClFNO. The summed E-state index contributed by atoms with van der Waals surface area (Å²) in [5.74, 6) is -0.438. The lowest BCUT2D eigenvalue weighted by atomic mass is 10.0. The molecule has 0 spiro atoms. The van der Waals surface area contributed by atoms with Crippen molar-refractivity contribution in [2.24, 2.45) is 0 Å². The van der Waals surface area contributed by atoms with Crippen LogP contribution in [0.1, 0.15) is 17.2 Å². The van der Waals surface area contributed by atoms with Crippen molar-refractivity contribution in [3.8, 4) is 0 Å². The van der Waals surface area contributed by atoms with Gasteiger partial charge in [0.25, 0.3) is 0 Å². The van der Waals surface area contributed by atoms with Gasteiger partial charge in [0.05, 0.1) is 0 Å². The van der Waals surface area contributed by atoms with E-state index in [2.05, 4.69) is 0 Å². The molecule has 0 heterocycles. The maximum Gasteiger partial charge on any atom is 0.123 e. The average molecular weight is 252 g/mol. The normalized spacial score (nSPS) is 12.4. The van der Waals surface area contributed by atoms with Gasteiger partial charge in [0.2, 0.25) is 0 Å². The lowest BCUT2D eigenvalue weighted by Gasteiger charge is -2.13. The molecule has 0 radical (unpaired) electrons. The monoisotopic (exact) mass is 251 g/mol. The van der Waals surface area contributed by atoms with Crippen molar-refractivity contribution < 1.29 is 9.50 Å². The van der Waals surface area contributed by atoms with E-state index in [1.54, 1.807) is 24.3 Å². The Balaban J connectivity index is 2.43. The average Bonchev–Trinajstić information content (AvgIpc) is 2.31. The summed E-state index contributed by atoms with van der Waals surface area (Å²) in [4.78, 5) is 0. The molecule has 4 heteroatoms. The molecule has 2 aromatic rings. The zero-order chi connectivity index (χ0) is 12.4. The maximum absolute atomic E-state index is 13.1. The van der Waals surface area contributed by atoms with Gasteiger partial charge in [-0.1, -0.05) is 23.7 Å². The molecule has 1 unspecified atom stereocenters. The molecule has 0 saturated carbocycles.